The Balaban J connectivity index is 3.88. The van der Waals surface area contributed by atoms with Crippen molar-refractivity contribution in [1.29, 1.82) is 0 Å². The lowest BCUT2D eigenvalue weighted by Gasteiger charge is -1.93. The smallest absolute Gasteiger partial charge is 0.101 e. The third kappa shape index (κ3) is 5.87. The average molecular weight is 217 g/mol. The Morgan fingerprint density at radius 3 is 2.82 bits per heavy atom. The number of rotatable bonds is 3. The molecule has 0 aliphatic rings. The first kappa shape index (κ1) is 10.4. The summed E-state index contributed by atoms with van der Waals surface area (Å²) in [6.07, 6.45) is 9.08. The molecule has 0 N–H and O–H groups in total. The van der Waals surface area contributed by atoms with Crippen molar-refractivity contribution in [3.63, 3.8) is 0 Å². The van der Waals surface area contributed by atoms with Crippen molar-refractivity contribution < 1.29 is 4.39 Å². The van der Waals surface area contributed by atoms with Gasteiger partial charge >= 0.3 is 0 Å². The van der Waals surface area contributed by atoms with Crippen LogP contribution < -0.4 is 0 Å². The highest BCUT2D eigenvalue weighted by atomic mass is 79.9. The van der Waals surface area contributed by atoms with Gasteiger partial charge in [0, 0.05) is 12.8 Å². The summed E-state index contributed by atoms with van der Waals surface area (Å²) in [7, 11) is 0. The topological polar surface area (TPSA) is 0 Å². The molecule has 60 valence electrons. The summed E-state index contributed by atoms with van der Waals surface area (Å²) in [5.41, 5.74) is 0. The average Bonchev–Trinajstić information content (AvgIpc) is 2.00. The molecule has 0 unspecified atom stereocenters. The van der Waals surface area contributed by atoms with Crippen LogP contribution in [0, 0.1) is 12.3 Å². The van der Waals surface area contributed by atoms with Gasteiger partial charge in [-0.3, -0.25) is 0 Å². The second-order valence-electron chi connectivity index (χ2n) is 1.97. The van der Waals surface area contributed by atoms with Crippen LogP contribution in [0.15, 0.2) is 22.5 Å². The minimum atomic E-state index is -0.148. The Kier molecular flexibility index (Phi) is 5.87. The normalized spacial score (nSPS) is 12.9. The van der Waals surface area contributed by atoms with Gasteiger partial charge in [-0.25, -0.2) is 4.39 Å². The minimum Gasteiger partial charge on any atom is -0.212 e. The van der Waals surface area contributed by atoms with Crippen LogP contribution in [0.3, 0.4) is 0 Å². The summed E-state index contributed by atoms with van der Waals surface area (Å²) in [6.45, 7) is 1.66. The lowest BCUT2D eigenvalue weighted by Crippen LogP contribution is -1.74. The van der Waals surface area contributed by atoms with E-state index in [4.69, 9.17) is 6.42 Å². The van der Waals surface area contributed by atoms with Crippen molar-refractivity contribution in [3.8, 4) is 12.3 Å². The molecule has 0 amide bonds. The second kappa shape index (κ2) is 6.18. The van der Waals surface area contributed by atoms with Gasteiger partial charge in [-0.15, -0.1) is 12.3 Å². The van der Waals surface area contributed by atoms with Crippen molar-refractivity contribution in [2.45, 2.75) is 19.8 Å². The van der Waals surface area contributed by atoms with Gasteiger partial charge in [0.05, 0.1) is 0 Å². The molecule has 0 heterocycles. The molecule has 0 spiro atoms. The van der Waals surface area contributed by atoms with Gasteiger partial charge in [-0.1, -0.05) is 28.1 Å². The Morgan fingerprint density at radius 2 is 2.36 bits per heavy atom. The lowest BCUT2D eigenvalue weighted by atomic mass is 10.3. The summed E-state index contributed by atoms with van der Waals surface area (Å²) in [6, 6.07) is 0. The van der Waals surface area contributed by atoms with Crippen LogP contribution in [-0.2, 0) is 0 Å². The second-order valence-corrected chi connectivity index (χ2v) is 2.99. The van der Waals surface area contributed by atoms with Gasteiger partial charge in [-0.05, 0) is 11.4 Å². The molecule has 0 fully saturated rings. The summed E-state index contributed by atoms with van der Waals surface area (Å²) in [5, 5.41) is 0. The molecule has 0 rings (SSSR count). The number of terminal acetylenes is 1. The molecule has 0 aromatic heterocycles. The van der Waals surface area contributed by atoms with Crippen molar-refractivity contribution in [2.75, 3.05) is 0 Å². The van der Waals surface area contributed by atoms with Gasteiger partial charge in [0.25, 0.3) is 0 Å². The number of hydrogen-bond acceptors (Lipinski definition) is 0. The van der Waals surface area contributed by atoms with E-state index in [1.54, 1.807) is 13.0 Å². The predicted octanol–water partition coefficient (Wildman–Crippen LogP) is 3.55. The zero-order valence-electron chi connectivity index (χ0n) is 6.40. The van der Waals surface area contributed by atoms with Crippen LogP contribution in [0.5, 0.6) is 0 Å². The summed E-state index contributed by atoms with van der Waals surface area (Å²) >= 11 is 3.20. The summed E-state index contributed by atoms with van der Waals surface area (Å²) in [4.78, 5) is 0. The maximum atomic E-state index is 12.5. The lowest BCUT2D eigenvalue weighted by molar-refractivity contribution is 0.614. The van der Waals surface area contributed by atoms with Gasteiger partial charge in [0.1, 0.15) is 5.83 Å². The van der Waals surface area contributed by atoms with E-state index in [1.807, 2.05) is 0 Å². The fourth-order valence-electron chi connectivity index (χ4n) is 0.505. The Labute approximate surface area is 75.3 Å². The Hall–Kier alpha value is -0.550. The standard InChI is InChI=1S/C9H10BrF/c1-3-5-6-8(10)7-9(11)4-2/h1,4,6H,5,7H2,2H3/b8-6+,9-4+. The molecular formula is C9H10BrF. The van der Waals surface area contributed by atoms with E-state index in [-0.39, 0.29) is 5.83 Å². The van der Waals surface area contributed by atoms with E-state index < -0.39 is 0 Å². The molecule has 0 aromatic carbocycles. The fraction of sp³-hybridized carbons (Fsp3) is 0.333. The zero-order chi connectivity index (χ0) is 8.69. The molecule has 0 aliphatic heterocycles. The molecule has 0 saturated carbocycles. The number of hydrogen-bond donors (Lipinski definition) is 0. The van der Waals surface area contributed by atoms with Gasteiger partial charge in [-0.2, -0.15) is 0 Å². The zero-order valence-corrected chi connectivity index (χ0v) is 7.99. The molecule has 0 bridgehead atoms. The highest BCUT2D eigenvalue weighted by Crippen LogP contribution is 2.17. The van der Waals surface area contributed by atoms with Crippen LogP contribution in [0.25, 0.3) is 0 Å². The Bertz CT molecular complexity index is 208. The molecule has 0 atom stereocenters. The third-order valence-corrected chi connectivity index (χ3v) is 1.70. The van der Waals surface area contributed by atoms with Gasteiger partial charge in [0.15, 0.2) is 0 Å². The van der Waals surface area contributed by atoms with Crippen LogP contribution in [0.2, 0.25) is 0 Å². The van der Waals surface area contributed by atoms with Gasteiger partial charge < -0.3 is 0 Å². The van der Waals surface area contributed by atoms with E-state index >= 15 is 0 Å². The van der Waals surface area contributed by atoms with Crippen molar-refractivity contribution in [3.05, 3.63) is 22.5 Å². The molecule has 0 saturated heterocycles. The van der Waals surface area contributed by atoms with Crippen molar-refractivity contribution in [2.24, 2.45) is 0 Å². The first-order valence-electron chi connectivity index (χ1n) is 3.29. The maximum absolute atomic E-state index is 12.5. The molecule has 0 radical (unpaired) electrons. The van der Waals surface area contributed by atoms with E-state index in [0.717, 1.165) is 4.48 Å². The van der Waals surface area contributed by atoms with Crippen LogP contribution in [0.1, 0.15) is 19.8 Å². The fourth-order valence-corrected chi connectivity index (χ4v) is 0.935. The largest absolute Gasteiger partial charge is 0.212 e. The first-order chi connectivity index (χ1) is 5.20. The van der Waals surface area contributed by atoms with Crippen LogP contribution in [-0.4, -0.2) is 0 Å². The maximum Gasteiger partial charge on any atom is 0.101 e. The highest BCUT2D eigenvalue weighted by molar-refractivity contribution is 9.11. The van der Waals surface area contributed by atoms with E-state index in [9.17, 15) is 4.39 Å². The molecule has 0 aromatic rings. The molecule has 2 heteroatoms. The summed E-state index contributed by atoms with van der Waals surface area (Å²) in [5.74, 6) is 2.29. The van der Waals surface area contributed by atoms with Crippen LogP contribution in [0.4, 0.5) is 4.39 Å². The third-order valence-electron chi connectivity index (χ3n) is 1.09. The monoisotopic (exact) mass is 216 g/mol. The van der Waals surface area contributed by atoms with Gasteiger partial charge in [0.2, 0.25) is 0 Å². The molecule has 0 nitrogen and oxygen atoms in total. The quantitative estimate of drug-likeness (QED) is 0.634. The van der Waals surface area contributed by atoms with E-state index in [2.05, 4.69) is 21.9 Å². The number of allylic oxidation sites excluding steroid dienone is 4. The van der Waals surface area contributed by atoms with E-state index in [0.29, 0.717) is 12.8 Å². The summed E-state index contributed by atoms with van der Waals surface area (Å²) < 4.78 is 13.3. The van der Waals surface area contributed by atoms with Crippen LogP contribution >= 0.6 is 15.9 Å². The number of halogens is 2. The molecular weight excluding hydrogens is 207 g/mol. The Morgan fingerprint density at radius 1 is 1.73 bits per heavy atom. The van der Waals surface area contributed by atoms with Crippen molar-refractivity contribution >= 4 is 15.9 Å². The highest BCUT2D eigenvalue weighted by Gasteiger charge is 1.95. The molecule has 0 aliphatic carbocycles. The van der Waals surface area contributed by atoms with E-state index in [1.165, 1.54) is 6.08 Å². The predicted molar refractivity (Wildman–Crippen MR) is 49.9 cm³/mol. The molecule has 11 heavy (non-hydrogen) atoms. The minimum absolute atomic E-state index is 0.148. The first-order valence-corrected chi connectivity index (χ1v) is 4.08. The van der Waals surface area contributed by atoms with Crippen molar-refractivity contribution in [1.82, 2.24) is 0 Å². The SMILES string of the molecule is C#CC/C=C(/Br)C/C(F)=C\C.